The Hall–Kier alpha value is -6.62. The van der Waals surface area contributed by atoms with Crippen molar-refractivity contribution in [2.45, 2.75) is 70.6 Å². The van der Waals surface area contributed by atoms with Crippen molar-refractivity contribution in [1.82, 2.24) is 15.2 Å². The van der Waals surface area contributed by atoms with Gasteiger partial charge in [0.05, 0.1) is 28.9 Å². The maximum absolute atomic E-state index is 14.0. The highest BCUT2D eigenvalue weighted by Gasteiger charge is 2.40. The van der Waals surface area contributed by atoms with Crippen molar-refractivity contribution in [2.24, 2.45) is 0 Å². The monoisotopic (exact) mass is 847 g/mol. The third-order valence-electron chi connectivity index (χ3n) is 9.90. The van der Waals surface area contributed by atoms with E-state index in [0.717, 1.165) is 16.7 Å². The molecule has 4 aromatic carbocycles. The van der Waals surface area contributed by atoms with Gasteiger partial charge in [0.1, 0.15) is 40.9 Å². The maximum Gasteiger partial charge on any atom is 0.411 e. The summed E-state index contributed by atoms with van der Waals surface area (Å²) in [5.41, 5.74) is 5.11. The molecule has 3 amide bonds. The van der Waals surface area contributed by atoms with Crippen molar-refractivity contribution < 1.29 is 38.5 Å². The Labute approximate surface area is 355 Å². The van der Waals surface area contributed by atoms with Gasteiger partial charge in [-0.05, 0) is 91.1 Å². The molecule has 1 unspecified atom stereocenters. The number of ether oxygens (including phenoxy) is 3. The molecule has 3 atom stereocenters. The first-order chi connectivity index (χ1) is 28.6. The first-order valence-corrected chi connectivity index (χ1v) is 19.7. The zero-order valence-corrected chi connectivity index (χ0v) is 34.2. The molecule has 1 aromatic heterocycles. The van der Waals surface area contributed by atoms with Crippen LogP contribution in [0, 0.1) is 11.3 Å². The van der Waals surface area contributed by atoms with E-state index in [0.29, 0.717) is 50.0 Å². The lowest BCUT2D eigenvalue weighted by atomic mass is 9.92. The van der Waals surface area contributed by atoms with E-state index in [-0.39, 0.29) is 31.1 Å². The van der Waals surface area contributed by atoms with Crippen molar-refractivity contribution in [3.63, 3.8) is 0 Å². The topological polar surface area (TPSA) is 180 Å². The van der Waals surface area contributed by atoms with E-state index in [1.54, 1.807) is 93.7 Å². The lowest BCUT2D eigenvalue weighted by Gasteiger charge is -2.38. The van der Waals surface area contributed by atoms with Crippen LogP contribution in [-0.4, -0.2) is 56.6 Å². The van der Waals surface area contributed by atoms with Crippen molar-refractivity contribution in [1.29, 1.82) is 5.26 Å². The fourth-order valence-corrected chi connectivity index (χ4v) is 7.17. The Morgan fingerprint density at radius 2 is 1.67 bits per heavy atom. The molecule has 0 saturated carbocycles. The predicted octanol–water partition coefficient (Wildman–Crippen LogP) is 8.05. The Kier molecular flexibility index (Phi) is 12.0. The van der Waals surface area contributed by atoms with Crippen LogP contribution in [0.25, 0.3) is 11.1 Å². The highest BCUT2D eigenvalue weighted by Crippen LogP contribution is 2.40. The lowest BCUT2D eigenvalue weighted by molar-refractivity contribution is -0.142. The minimum Gasteiger partial charge on any atom is -0.489 e. The van der Waals surface area contributed by atoms with Gasteiger partial charge in [0.2, 0.25) is 12.0 Å². The van der Waals surface area contributed by atoms with Gasteiger partial charge in [-0.1, -0.05) is 71.7 Å². The number of amides is 3. The van der Waals surface area contributed by atoms with Crippen LogP contribution >= 0.6 is 23.2 Å². The number of benzene rings is 4. The number of nitrogens with one attached hydrogen (secondary N) is 2. The van der Waals surface area contributed by atoms with Crippen LogP contribution in [0.4, 0.5) is 10.5 Å². The summed E-state index contributed by atoms with van der Waals surface area (Å²) in [5, 5.41) is 25.4. The molecular weight excluding hydrogens is 809 g/mol. The molecule has 60 heavy (non-hydrogen) atoms. The summed E-state index contributed by atoms with van der Waals surface area (Å²) in [6.07, 6.45) is -0.180. The Morgan fingerprint density at radius 3 is 2.30 bits per heavy atom. The summed E-state index contributed by atoms with van der Waals surface area (Å²) in [6.45, 7) is 5.28. The molecule has 0 bridgehead atoms. The predicted molar refractivity (Wildman–Crippen MR) is 223 cm³/mol. The number of carbonyl (C=O) groups is 4. The second kappa shape index (κ2) is 17.3. The number of fused-ring (bicyclic) bond motifs is 2. The quantitative estimate of drug-likeness (QED) is 0.116. The number of anilines is 1. The van der Waals surface area contributed by atoms with Crippen molar-refractivity contribution in [3.8, 4) is 28.7 Å². The third kappa shape index (κ3) is 9.63. The summed E-state index contributed by atoms with van der Waals surface area (Å²) in [4.78, 5) is 58.9. The van der Waals surface area contributed by atoms with E-state index >= 15 is 0 Å². The molecule has 306 valence electrons. The number of carboxylic acids is 1. The van der Waals surface area contributed by atoms with Gasteiger partial charge in [-0.25, -0.2) is 14.6 Å². The fourth-order valence-electron chi connectivity index (χ4n) is 6.88. The second-order valence-electron chi connectivity index (χ2n) is 15.4. The van der Waals surface area contributed by atoms with Gasteiger partial charge >= 0.3 is 12.1 Å². The highest BCUT2D eigenvalue weighted by atomic mass is 35.5. The molecule has 0 fully saturated rings. The first kappa shape index (κ1) is 41.5. The van der Waals surface area contributed by atoms with E-state index < -0.39 is 47.7 Å². The molecule has 0 saturated heterocycles. The number of carbonyl (C=O) groups excluding carboxylic acids is 3. The molecule has 0 spiro atoms. The number of aromatic nitrogens is 1. The van der Waals surface area contributed by atoms with Crippen LogP contribution in [0.15, 0.2) is 97.2 Å². The van der Waals surface area contributed by atoms with Gasteiger partial charge in [-0.3, -0.25) is 14.5 Å². The molecular formula is C45H39Cl2N5O8. The number of hydrogen-bond acceptors (Lipinski definition) is 9. The molecule has 3 N–H and O–H groups in total. The van der Waals surface area contributed by atoms with Crippen LogP contribution in [0.5, 0.6) is 11.5 Å². The molecule has 0 radical (unpaired) electrons. The SMILES string of the molecule is CC(C)(C)OC(=O)N1Cc2cc3c(cc2C[C@H]1C(=O)N[C@@H](Cc1ccc(-c2ccc(C#N)cc2)cc1)C(=O)O)NC(=O)C(c1ccc(OCc2cnc(Cl)c(Cl)c2)cc1)O3. The number of aliphatic carboxylic acids is 1. The van der Waals surface area contributed by atoms with Crippen molar-refractivity contribution in [2.75, 3.05) is 5.32 Å². The van der Waals surface area contributed by atoms with E-state index in [1.165, 1.54) is 4.90 Å². The molecule has 0 aliphatic carbocycles. The Bertz CT molecular complexity index is 2500. The summed E-state index contributed by atoms with van der Waals surface area (Å²) >= 11 is 12.0. The van der Waals surface area contributed by atoms with Crippen molar-refractivity contribution >= 4 is 52.8 Å². The van der Waals surface area contributed by atoms with Gasteiger partial charge in [0.25, 0.3) is 5.91 Å². The number of rotatable bonds is 10. The van der Waals surface area contributed by atoms with Gasteiger partial charge in [0.15, 0.2) is 0 Å². The van der Waals surface area contributed by atoms with E-state index in [1.807, 2.05) is 24.3 Å². The van der Waals surface area contributed by atoms with Crippen LogP contribution in [0.1, 0.15) is 60.3 Å². The van der Waals surface area contributed by atoms with Crippen LogP contribution in [0.3, 0.4) is 0 Å². The molecule has 13 nitrogen and oxygen atoms in total. The fraction of sp³-hybridized carbons (Fsp3) is 0.244. The lowest BCUT2D eigenvalue weighted by Crippen LogP contribution is -2.56. The minimum absolute atomic E-state index is 0.0123. The highest BCUT2D eigenvalue weighted by molar-refractivity contribution is 6.41. The number of halogens is 2. The maximum atomic E-state index is 14.0. The molecule has 2 aliphatic rings. The normalized spacial score (nSPS) is 16.2. The average molecular weight is 849 g/mol. The third-order valence-corrected chi connectivity index (χ3v) is 10.6. The summed E-state index contributed by atoms with van der Waals surface area (Å²) < 4.78 is 17.8. The zero-order valence-electron chi connectivity index (χ0n) is 32.7. The number of pyridine rings is 1. The summed E-state index contributed by atoms with van der Waals surface area (Å²) in [6, 6.07) is 26.0. The minimum atomic E-state index is -1.31. The summed E-state index contributed by atoms with van der Waals surface area (Å²) in [5.74, 6) is -1.42. The smallest absolute Gasteiger partial charge is 0.411 e. The van der Waals surface area contributed by atoms with E-state index in [4.69, 9.17) is 42.7 Å². The standard InChI is InChI=1S/C45H39Cl2N5O8/c1-45(2,3)60-44(57)52-23-32-20-38-35(50-42(54)39(59-38)30-12-14-33(15-13-30)58-24-27-16-34(46)40(47)49-22-27)18-31(32)19-37(52)41(53)51-36(43(55)56)17-25-4-8-28(9-5-25)29-10-6-26(21-48)7-11-29/h4-16,18,20,22,36-37,39H,17,19,23-24H2,1-3H3,(H,50,54)(H,51,53)(H,55,56)/t36-,37-,39?/m0/s1. The van der Waals surface area contributed by atoms with Gasteiger partial charge < -0.3 is 30.0 Å². The largest absolute Gasteiger partial charge is 0.489 e. The molecule has 5 aromatic rings. The van der Waals surface area contributed by atoms with Crippen molar-refractivity contribution in [3.05, 3.63) is 141 Å². The Balaban J connectivity index is 1.06. The zero-order chi connectivity index (χ0) is 42.7. The number of carboxylic acid groups (broad SMARTS) is 1. The van der Waals surface area contributed by atoms with Gasteiger partial charge in [-0.2, -0.15) is 5.26 Å². The number of nitrogens with zero attached hydrogens (tertiary/aromatic N) is 3. The summed E-state index contributed by atoms with van der Waals surface area (Å²) in [7, 11) is 0. The first-order valence-electron chi connectivity index (χ1n) is 18.9. The average Bonchev–Trinajstić information content (AvgIpc) is 3.22. The molecule has 15 heteroatoms. The number of nitriles is 1. The van der Waals surface area contributed by atoms with Crippen LogP contribution in [0.2, 0.25) is 10.2 Å². The van der Waals surface area contributed by atoms with Crippen LogP contribution < -0.4 is 20.1 Å². The van der Waals surface area contributed by atoms with Gasteiger partial charge in [-0.15, -0.1) is 0 Å². The molecule has 7 rings (SSSR count). The second-order valence-corrected chi connectivity index (χ2v) is 16.2. The van der Waals surface area contributed by atoms with Crippen LogP contribution in [-0.2, 0) is 45.1 Å². The van der Waals surface area contributed by atoms with E-state index in [2.05, 4.69) is 21.7 Å². The number of hydrogen-bond donors (Lipinski definition) is 3. The van der Waals surface area contributed by atoms with E-state index in [9.17, 15) is 24.3 Å². The van der Waals surface area contributed by atoms with Gasteiger partial charge in [0, 0.05) is 30.2 Å². The molecule has 3 heterocycles. The molecule has 2 aliphatic heterocycles. The Morgan fingerprint density at radius 1 is 0.983 bits per heavy atom.